The van der Waals surface area contributed by atoms with Gasteiger partial charge in [-0.25, -0.2) is 12.8 Å². The Balaban J connectivity index is 1.60. The second-order valence-corrected chi connectivity index (χ2v) is 9.98. The summed E-state index contributed by atoms with van der Waals surface area (Å²) in [5, 5.41) is 8.82. The van der Waals surface area contributed by atoms with Crippen LogP contribution in [-0.2, 0) is 21.4 Å². The van der Waals surface area contributed by atoms with Gasteiger partial charge in [0.15, 0.2) is 0 Å². The van der Waals surface area contributed by atoms with Crippen molar-refractivity contribution in [3.05, 3.63) is 77.1 Å². The molecule has 174 valence electrons. The number of hydrogen-bond donors (Lipinski definition) is 0. The third kappa shape index (κ3) is 6.18. The monoisotopic (exact) mass is 490 g/mol. The second-order valence-electron chi connectivity index (χ2n) is 7.63. The lowest BCUT2D eigenvalue weighted by molar-refractivity contribution is -0.133. The Morgan fingerprint density at radius 1 is 1.21 bits per heavy atom. The van der Waals surface area contributed by atoms with Crippen LogP contribution in [-0.4, -0.2) is 67.7 Å². The Morgan fingerprint density at radius 3 is 2.58 bits per heavy atom. The molecule has 0 bridgehead atoms. The zero-order valence-electron chi connectivity index (χ0n) is 18.0. The SMILES string of the molecule is C=CCN(CC(=O)N1CCN(S(=O)(=O)c2ccc(F)c(Cl)c2)CC1)Cc1cccc(C#N)c1. The molecule has 7 nitrogen and oxygen atoms in total. The van der Waals surface area contributed by atoms with Gasteiger partial charge in [-0.15, -0.1) is 6.58 Å². The molecule has 0 N–H and O–H groups in total. The predicted molar refractivity (Wildman–Crippen MR) is 123 cm³/mol. The van der Waals surface area contributed by atoms with Gasteiger partial charge in [0, 0.05) is 39.3 Å². The quantitative estimate of drug-likeness (QED) is 0.531. The van der Waals surface area contributed by atoms with Crippen LogP contribution in [0.2, 0.25) is 5.02 Å². The molecule has 0 unspecified atom stereocenters. The molecular weight excluding hydrogens is 467 g/mol. The van der Waals surface area contributed by atoms with Crippen molar-refractivity contribution in [1.82, 2.24) is 14.1 Å². The van der Waals surface area contributed by atoms with Gasteiger partial charge in [-0.2, -0.15) is 9.57 Å². The number of sulfonamides is 1. The van der Waals surface area contributed by atoms with Crippen molar-refractivity contribution in [2.75, 3.05) is 39.3 Å². The van der Waals surface area contributed by atoms with Crippen LogP contribution in [0.25, 0.3) is 0 Å². The van der Waals surface area contributed by atoms with Crippen molar-refractivity contribution in [3.63, 3.8) is 0 Å². The van der Waals surface area contributed by atoms with Crippen LogP contribution in [0, 0.1) is 17.1 Å². The van der Waals surface area contributed by atoms with Gasteiger partial charge in [-0.05, 0) is 35.9 Å². The highest BCUT2D eigenvalue weighted by Gasteiger charge is 2.31. The zero-order chi connectivity index (χ0) is 24.0. The molecule has 1 aliphatic rings. The van der Waals surface area contributed by atoms with E-state index in [-0.39, 0.29) is 48.5 Å². The van der Waals surface area contributed by atoms with Gasteiger partial charge in [-0.3, -0.25) is 9.69 Å². The van der Waals surface area contributed by atoms with Crippen molar-refractivity contribution in [1.29, 1.82) is 5.26 Å². The molecule has 2 aromatic carbocycles. The van der Waals surface area contributed by atoms with E-state index in [0.29, 0.717) is 18.7 Å². The summed E-state index contributed by atoms with van der Waals surface area (Å²) in [6.45, 7) is 5.62. The molecular formula is C23H24ClFN4O3S. The molecule has 1 fully saturated rings. The molecule has 1 amide bonds. The fourth-order valence-corrected chi connectivity index (χ4v) is 5.31. The Bertz CT molecular complexity index is 1170. The highest BCUT2D eigenvalue weighted by atomic mass is 35.5. The first-order valence-electron chi connectivity index (χ1n) is 10.3. The van der Waals surface area contributed by atoms with E-state index in [1.807, 2.05) is 11.0 Å². The number of halogens is 2. The summed E-state index contributed by atoms with van der Waals surface area (Å²) >= 11 is 5.73. The lowest BCUT2D eigenvalue weighted by Crippen LogP contribution is -2.52. The number of carbonyl (C=O) groups is 1. The lowest BCUT2D eigenvalue weighted by atomic mass is 10.1. The predicted octanol–water partition coefficient (Wildman–Crippen LogP) is 2.87. The minimum atomic E-state index is -3.84. The van der Waals surface area contributed by atoms with Crippen LogP contribution in [0.1, 0.15) is 11.1 Å². The highest BCUT2D eigenvalue weighted by molar-refractivity contribution is 7.89. The van der Waals surface area contributed by atoms with Crippen LogP contribution in [0.15, 0.2) is 60.0 Å². The summed E-state index contributed by atoms with van der Waals surface area (Å²) in [4.78, 5) is 16.3. The summed E-state index contributed by atoms with van der Waals surface area (Å²) in [6, 6.07) is 12.6. The molecule has 1 saturated heterocycles. The maximum absolute atomic E-state index is 13.4. The van der Waals surface area contributed by atoms with Gasteiger partial charge in [0.05, 0.1) is 28.1 Å². The maximum Gasteiger partial charge on any atom is 0.243 e. The third-order valence-electron chi connectivity index (χ3n) is 5.33. The van der Waals surface area contributed by atoms with E-state index in [2.05, 4.69) is 12.6 Å². The average molecular weight is 491 g/mol. The Morgan fingerprint density at radius 2 is 1.94 bits per heavy atom. The molecule has 0 atom stereocenters. The first-order valence-corrected chi connectivity index (χ1v) is 12.1. The van der Waals surface area contributed by atoms with E-state index in [0.717, 1.165) is 17.7 Å². The molecule has 1 aliphatic heterocycles. The number of piperazine rings is 1. The van der Waals surface area contributed by atoms with Crippen LogP contribution in [0.3, 0.4) is 0 Å². The molecule has 0 aliphatic carbocycles. The summed E-state index contributed by atoms with van der Waals surface area (Å²) in [5.74, 6) is -0.801. The standard InChI is InChI=1S/C23H24ClFN4O3S/c1-2-8-27(16-19-5-3-4-18(13-19)15-26)17-23(30)28-9-11-29(12-10-28)33(31,32)20-6-7-22(25)21(24)14-20/h2-7,13-14H,1,8-12,16-17H2. The van der Waals surface area contributed by atoms with E-state index >= 15 is 0 Å². The van der Waals surface area contributed by atoms with Crippen molar-refractivity contribution in [2.45, 2.75) is 11.4 Å². The first kappa shape index (κ1) is 24.9. The summed E-state index contributed by atoms with van der Waals surface area (Å²) in [5.41, 5.74) is 1.47. The molecule has 0 saturated carbocycles. The Kier molecular flexibility index (Phi) is 8.21. The minimum absolute atomic E-state index is 0.0783. The van der Waals surface area contributed by atoms with Crippen molar-refractivity contribution in [3.8, 4) is 6.07 Å². The van der Waals surface area contributed by atoms with Crippen LogP contribution in [0.4, 0.5) is 4.39 Å². The molecule has 0 spiro atoms. The van der Waals surface area contributed by atoms with E-state index < -0.39 is 15.8 Å². The number of amides is 1. The smallest absolute Gasteiger partial charge is 0.243 e. The number of hydrogen-bond acceptors (Lipinski definition) is 5. The van der Waals surface area contributed by atoms with Crippen molar-refractivity contribution < 1.29 is 17.6 Å². The number of rotatable bonds is 8. The number of carbonyl (C=O) groups excluding carboxylic acids is 1. The Hall–Kier alpha value is -2.77. The molecule has 10 heteroatoms. The van der Waals surface area contributed by atoms with Gasteiger partial charge in [-0.1, -0.05) is 29.8 Å². The van der Waals surface area contributed by atoms with Crippen molar-refractivity contribution in [2.24, 2.45) is 0 Å². The molecule has 0 aromatic heterocycles. The minimum Gasteiger partial charge on any atom is -0.339 e. The average Bonchev–Trinajstić information content (AvgIpc) is 2.81. The van der Waals surface area contributed by atoms with Crippen LogP contribution >= 0.6 is 11.6 Å². The van der Waals surface area contributed by atoms with E-state index in [9.17, 15) is 17.6 Å². The van der Waals surface area contributed by atoms with Crippen LogP contribution < -0.4 is 0 Å². The summed E-state index contributed by atoms with van der Waals surface area (Å²) in [6.07, 6.45) is 1.71. The van der Waals surface area contributed by atoms with Crippen molar-refractivity contribution >= 4 is 27.5 Å². The fraction of sp³-hybridized carbons (Fsp3) is 0.304. The molecule has 33 heavy (non-hydrogen) atoms. The van der Waals surface area contributed by atoms with Gasteiger partial charge in [0.1, 0.15) is 5.82 Å². The van der Waals surface area contributed by atoms with Gasteiger partial charge in [0.2, 0.25) is 15.9 Å². The first-order chi connectivity index (χ1) is 15.7. The van der Waals surface area contributed by atoms with Crippen LogP contribution in [0.5, 0.6) is 0 Å². The number of nitriles is 1. The van der Waals surface area contributed by atoms with E-state index in [1.54, 1.807) is 29.2 Å². The summed E-state index contributed by atoms with van der Waals surface area (Å²) in [7, 11) is -3.84. The lowest BCUT2D eigenvalue weighted by Gasteiger charge is -2.35. The van der Waals surface area contributed by atoms with Gasteiger partial charge >= 0.3 is 0 Å². The van der Waals surface area contributed by atoms with Gasteiger partial charge < -0.3 is 4.90 Å². The highest BCUT2D eigenvalue weighted by Crippen LogP contribution is 2.23. The largest absolute Gasteiger partial charge is 0.339 e. The molecule has 2 aromatic rings. The van der Waals surface area contributed by atoms with Gasteiger partial charge in [0.25, 0.3) is 0 Å². The molecule has 1 heterocycles. The normalized spacial score (nSPS) is 14.8. The van der Waals surface area contributed by atoms with E-state index in [4.69, 9.17) is 16.9 Å². The maximum atomic E-state index is 13.4. The Labute approximate surface area is 198 Å². The molecule has 0 radical (unpaired) electrons. The topological polar surface area (TPSA) is 84.7 Å². The number of nitrogens with zero attached hydrogens (tertiary/aromatic N) is 4. The van der Waals surface area contributed by atoms with E-state index in [1.165, 1.54) is 10.4 Å². The molecule has 3 rings (SSSR count). The second kappa shape index (κ2) is 10.9. The fourth-order valence-electron chi connectivity index (χ4n) is 3.62. The number of benzene rings is 2. The summed E-state index contributed by atoms with van der Waals surface area (Å²) < 4.78 is 40.4. The third-order valence-corrected chi connectivity index (χ3v) is 7.51. The zero-order valence-corrected chi connectivity index (χ0v) is 19.5.